The van der Waals surface area contributed by atoms with Crippen molar-refractivity contribution >= 4 is 5.91 Å². The van der Waals surface area contributed by atoms with E-state index >= 15 is 0 Å². The van der Waals surface area contributed by atoms with Crippen LogP contribution in [0.1, 0.15) is 36.8 Å². The number of benzene rings is 1. The summed E-state index contributed by atoms with van der Waals surface area (Å²) >= 11 is 0. The molecule has 1 saturated carbocycles. The second-order valence-electron chi connectivity index (χ2n) is 6.22. The highest BCUT2D eigenvalue weighted by Gasteiger charge is 2.52. The molecule has 1 aliphatic heterocycles. The van der Waals surface area contributed by atoms with Gasteiger partial charge in [0.05, 0.1) is 23.6 Å². The van der Waals surface area contributed by atoms with E-state index in [1.165, 1.54) is 12.1 Å². The third-order valence-electron chi connectivity index (χ3n) is 4.59. The van der Waals surface area contributed by atoms with Gasteiger partial charge in [-0.15, -0.1) is 0 Å². The number of hydrogen-bond donors (Lipinski definition) is 1. The predicted octanol–water partition coefficient (Wildman–Crippen LogP) is 2.76. The molecule has 1 atom stereocenters. The minimum atomic E-state index is -4.36. The third kappa shape index (κ3) is 2.97. The summed E-state index contributed by atoms with van der Waals surface area (Å²) in [6.45, 7) is 0.618. The fourth-order valence-corrected chi connectivity index (χ4v) is 3.17. The SMILES string of the molecule is O=C(Cc1ccc(C(F)(F)F)cc1)N1CCCC1C1(O)CC1. The van der Waals surface area contributed by atoms with Crippen molar-refractivity contribution < 1.29 is 23.1 Å². The second-order valence-corrected chi connectivity index (χ2v) is 6.22. The number of rotatable bonds is 3. The van der Waals surface area contributed by atoms with Gasteiger partial charge in [0.1, 0.15) is 0 Å². The molecule has 1 aromatic rings. The third-order valence-corrected chi connectivity index (χ3v) is 4.59. The summed E-state index contributed by atoms with van der Waals surface area (Å²) in [5, 5.41) is 10.2. The molecule has 0 aromatic heterocycles. The second kappa shape index (κ2) is 5.26. The van der Waals surface area contributed by atoms with Crippen LogP contribution in [0.4, 0.5) is 13.2 Å². The van der Waals surface area contributed by atoms with E-state index in [-0.39, 0.29) is 18.4 Å². The first-order valence-electron chi connectivity index (χ1n) is 7.48. The van der Waals surface area contributed by atoms with E-state index < -0.39 is 17.3 Å². The van der Waals surface area contributed by atoms with Crippen LogP contribution < -0.4 is 0 Å². The molecule has 6 heteroatoms. The molecule has 1 aliphatic carbocycles. The molecular weight excluding hydrogens is 295 g/mol. The number of alkyl halides is 3. The summed E-state index contributed by atoms with van der Waals surface area (Å²) in [6, 6.07) is 4.56. The van der Waals surface area contributed by atoms with Gasteiger partial charge in [-0.05, 0) is 43.4 Å². The average molecular weight is 313 g/mol. The van der Waals surface area contributed by atoms with E-state index in [9.17, 15) is 23.1 Å². The summed E-state index contributed by atoms with van der Waals surface area (Å²) in [5.74, 6) is -0.123. The number of carbonyl (C=O) groups excluding carboxylic acids is 1. The van der Waals surface area contributed by atoms with Crippen LogP contribution in [-0.4, -0.2) is 34.1 Å². The van der Waals surface area contributed by atoms with Gasteiger partial charge in [0.2, 0.25) is 5.91 Å². The topological polar surface area (TPSA) is 40.5 Å². The lowest BCUT2D eigenvalue weighted by molar-refractivity contribution is -0.137. The van der Waals surface area contributed by atoms with Crippen LogP contribution in [0.15, 0.2) is 24.3 Å². The summed E-state index contributed by atoms with van der Waals surface area (Å²) in [4.78, 5) is 14.1. The largest absolute Gasteiger partial charge is 0.416 e. The lowest BCUT2D eigenvalue weighted by Crippen LogP contribution is -2.44. The minimum Gasteiger partial charge on any atom is -0.388 e. The van der Waals surface area contributed by atoms with Crippen molar-refractivity contribution in [3.8, 4) is 0 Å². The van der Waals surface area contributed by atoms with Crippen molar-refractivity contribution in [1.29, 1.82) is 0 Å². The van der Waals surface area contributed by atoms with Crippen molar-refractivity contribution in [1.82, 2.24) is 4.90 Å². The van der Waals surface area contributed by atoms with E-state index in [1.54, 1.807) is 4.90 Å². The smallest absolute Gasteiger partial charge is 0.388 e. The van der Waals surface area contributed by atoms with E-state index in [0.717, 1.165) is 37.8 Å². The van der Waals surface area contributed by atoms with Crippen LogP contribution in [0.2, 0.25) is 0 Å². The van der Waals surface area contributed by atoms with Crippen molar-refractivity contribution in [2.75, 3.05) is 6.54 Å². The van der Waals surface area contributed by atoms with Crippen molar-refractivity contribution in [3.63, 3.8) is 0 Å². The van der Waals surface area contributed by atoms with Crippen molar-refractivity contribution in [2.24, 2.45) is 0 Å². The van der Waals surface area contributed by atoms with Crippen LogP contribution in [-0.2, 0) is 17.4 Å². The Morgan fingerprint density at radius 2 is 1.91 bits per heavy atom. The molecule has 0 radical (unpaired) electrons. The highest BCUT2D eigenvalue weighted by molar-refractivity contribution is 5.79. The Hall–Kier alpha value is -1.56. The van der Waals surface area contributed by atoms with Gasteiger partial charge in [-0.2, -0.15) is 13.2 Å². The Morgan fingerprint density at radius 1 is 1.27 bits per heavy atom. The standard InChI is InChI=1S/C16H18F3NO2/c17-16(18,19)12-5-3-11(4-6-12)10-14(21)20-9-1-2-13(20)15(22)7-8-15/h3-6,13,22H,1-2,7-10H2. The molecule has 2 fully saturated rings. The summed E-state index contributed by atoms with van der Waals surface area (Å²) in [5.41, 5.74) is -0.881. The molecule has 1 N–H and O–H groups in total. The maximum absolute atomic E-state index is 12.5. The number of carbonyl (C=O) groups is 1. The Bertz CT molecular complexity index is 564. The molecule has 1 heterocycles. The van der Waals surface area contributed by atoms with Gasteiger partial charge >= 0.3 is 6.18 Å². The maximum atomic E-state index is 12.5. The van der Waals surface area contributed by atoms with Gasteiger partial charge in [0.25, 0.3) is 0 Å². The van der Waals surface area contributed by atoms with Gasteiger partial charge in [-0.25, -0.2) is 0 Å². The van der Waals surface area contributed by atoms with Gasteiger partial charge < -0.3 is 10.0 Å². The molecule has 2 aliphatic rings. The van der Waals surface area contributed by atoms with E-state index in [1.807, 2.05) is 0 Å². The first kappa shape index (κ1) is 15.3. The summed E-state index contributed by atoms with van der Waals surface area (Å²) in [6.07, 6.45) is -1.17. The van der Waals surface area contributed by atoms with Crippen LogP contribution in [0.25, 0.3) is 0 Å². The molecule has 120 valence electrons. The predicted molar refractivity (Wildman–Crippen MR) is 74.1 cm³/mol. The monoisotopic (exact) mass is 313 g/mol. The molecule has 1 amide bonds. The fraction of sp³-hybridized carbons (Fsp3) is 0.562. The van der Waals surface area contributed by atoms with Crippen LogP contribution in [0, 0.1) is 0 Å². The molecular formula is C16H18F3NO2. The minimum absolute atomic E-state index is 0.0741. The number of hydrogen-bond acceptors (Lipinski definition) is 2. The molecule has 1 unspecified atom stereocenters. The maximum Gasteiger partial charge on any atom is 0.416 e. The Kier molecular flexibility index (Phi) is 3.67. The lowest BCUT2D eigenvalue weighted by Gasteiger charge is -2.29. The molecule has 22 heavy (non-hydrogen) atoms. The van der Waals surface area contributed by atoms with E-state index in [2.05, 4.69) is 0 Å². The Morgan fingerprint density at radius 3 is 2.45 bits per heavy atom. The first-order valence-corrected chi connectivity index (χ1v) is 7.48. The molecule has 1 saturated heterocycles. The highest BCUT2D eigenvalue weighted by Crippen LogP contribution is 2.44. The quantitative estimate of drug-likeness (QED) is 0.932. The zero-order valence-electron chi connectivity index (χ0n) is 12.1. The molecule has 3 nitrogen and oxygen atoms in total. The zero-order chi connectivity index (χ0) is 16.0. The van der Waals surface area contributed by atoms with E-state index in [4.69, 9.17) is 0 Å². The number of aliphatic hydroxyl groups is 1. The normalized spacial score (nSPS) is 23.6. The molecule has 3 rings (SSSR count). The average Bonchev–Trinajstić information content (AvgIpc) is 3.02. The van der Waals surface area contributed by atoms with Crippen LogP contribution in [0.3, 0.4) is 0 Å². The van der Waals surface area contributed by atoms with Gasteiger partial charge in [0, 0.05) is 6.54 Å². The van der Waals surface area contributed by atoms with Crippen LogP contribution in [0.5, 0.6) is 0 Å². The number of amides is 1. The van der Waals surface area contributed by atoms with Crippen molar-refractivity contribution in [2.45, 2.75) is 49.9 Å². The van der Waals surface area contributed by atoms with Gasteiger partial charge in [0.15, 0.2) is 0 Å². The number of likely N-dealkylation sites (tertiary alicyclic amines) is 1. The molecule has 1 aromatic carbocycles. The van der Waals surface area contributed by atoms with Gasteiger partial charge in [-0.1, -0.05) is 12.1 Å². The van der Waals surface area contributed by atoms with Crippen LogP contribution >= 0.6 is 0 Å². The number of halogens is 3. The summed E-state index contributed by atoms with van der Waals surface area (Å²) in [7, 11) is 0. The van der Waals surface area contributed by atoms with E-state index in [0.29, 0.717) is 12.1 Å². The van der Waals surface area contributed by atoms with Gasteiger partial charge in [-0.3, -0.25) is 4.79 Å². The lowest BCUT2D eigenvalue weighted by atomic mass is 10.0. The first-order chi connectivity index (χ1) is 10.3. The highest BCUT2D eigenvalue weighted by atomic mass is 19.4. The summed E-state index contributed by atoms with van der Waals surface area (Å²) < 4.78 is 37.5. The molecule has 0 spiro atoms. The van der Waals surface area contributed by atoms with Crippen molar-refractivity contribution in [3.05, 3.63) is 35.4 Å². The Balaban J connectivity index is 1.66. The zero-order valence-corrected chi connectivity index (χ0v) is 12.1. The Labute approximate surface area is 126 Å². The number of nitrogens with zero attached hydrogens (tertiary/aromatic N) is 1. The molecule has 0 bridgehead atoms. The fourth-order valence-electron chi connectivity index (χ4n) is 3.17.